The molecule has 0 bridgehead atoms. The van der Waals surface area contributed by atoms with Crippen LogP contribution in [0.1, 0.15) is 90.5 Å². The lowest BCUT2D eigenvalue weighted by Gasteiger charge is -2.38. The van der Waals surface area contributed by atoms with Crippen LogP contribution in [0.5, 0.6) is 5.75 Å². The maximum atomic E-state index is 15.5. The summed E-state index contributed by atoms with van der Waals surface area (Å²) in [5, 5.41) is 4.72. The number of piperazine rings is 1. The van der Waals surface area contributed by atoms with Crippen molar-refractivity contribution in [3.05, 3.63) is 78.1 Å². The van der Waals surface area contributed by atoms with E-state index in [-0.39, 0.29) is 47.0 Å². The van der Waals surface area contributed by atoms with Gasteiger partial charge in [0.05, 0.1) is 36.3 Å². The fourth-order valence-corrected chi connectivity index (χ4v) is 6.98. The number of nitrogens with one attached hydrogen (secondary N) is 3. The van der Waals surface area contributed by atoms with Crippen molar-refractivity contribution in [2.24, 2.45) is 11.3 Å². The lowest BCUT2D eigenvalue weighted by Crippen LogP contribution is -2.51. The van der Waals surface area contributed by atoms with Crippen LogP contribution in [-0.2, 0) is 14.3 Å². The highest BCUT2D eigenvalue weighted by molar-refractivity contribution is 6.04. The van der Waals surface area contributed by atoms with E-state index in [0.29, 0.717) is 62.0 Å². The Kier molecular flexibility index (Phi) is 17.1. The number of pyridine rings is 1. The fourth-order valence-electron chi connectivity index (χ4n) is 6.98. The molecule has 0 spiro atoms. The van der Waals surface area contributed by atoms with Crippen LogP contribution in [0.3, 0.4) is 0 Å². The molecule has 0 radical (unpaired) electrons. The summed E-state index contributed by atoms with van der Waals surface area (Å²) in [7, 11) is 1.20. The molecule has 2 aliphatic heterocycles. The summed E-state index contributed by atoms with van der Waals surface area (Å²) >= 11 is 0. The highest BCUT2D eigenvalue weighted by Gasteiger charge is 2.36. The molecule has 14 nitrogen and oxygen atoms in total. The molecular formula is C45H58F4N8O6. The van der Waals surface area contributed by atoms with E-state index >= 15 is 4.39 Å². The lowest BCUT2D eigenvalue weighted by atomic mass is 9.94. The first kappa shape index (κ1) is 49.5. The second kappa shape index (κ2) is 21.7. The molecule has 6 rings (SSSR count). The number of carbonyl (C=O) groups excluding carboxylic acids is 4. The number of hydrogen-bond acceptors (Lipinski definition) is 9. The topological polar surface area (TPSA) is 162 Å². The Morgan fingerprint density at radius 1 is 0.905 bits per heavy atom. The summed E-state index contributed by atoms with van der Waals surface area (Å²) in [4.78, 5) is 67.6. The predicted octanol–water partition coefficient (Wildman–Crippen LogP) is 8.83. The van der Waals surface area contributed by atoms with E-state index in [4.69, 9.17) is 0 Å². The number of alkyl halides is 3. The fraction of sp³-hybridized carbons (Fsp3) is 0.467. The van der Waals surface area contributed by atoms with Crippen molar-refractivity contribution < 1.29 is 46.2 Å². The van der Waals surface area contributed by atoms with E-state index < -0.39 is 41.0 Å². The number of ether oxygens (including phenoxy) is 2. The molecule has 2 aliphatic rings. The molecule has 3 N–H and O–H groups in total. The Balaban J connectivity index is 0.00000167. The van der Waals surface area contributed by atoms with Crippen molar-refractivity contribution in [3.8, 4) is 28.1 Å². The third kappa shape index (κ3) is 13.2. The zero-order chi connectivity index (χ0) is 46.6. The van der Waals surface area contributed by atoms with E-state index in [1.165, 1.54) is 37.9 Å². The first-order chi connectivity index (χ1) is 29.8. The average molecular weight is 883 g/mol. The molecular weight excluding hydrogens is 825 g/mol. The van der Waals surface area contributed by atoms with Gasteiger partial charge in [0.1, 0.15) is 29.8 Å². The maximum absolute atomic E-state index is 15.5. The zero-order valence-electron chi connectivity index (χ0n) is 37.3. The van der Waals surface area contributed by atoms with Crippen LogP contribution in [0, 0.1) is 17.2 Å². The summed E-state index contributed by atoms with van der Waals surface area (Å²) in [6.45, 7) is 18.2. The van der Waals surface area contributed by atoms with E-state index in [9.17, 15) is 32.3 Å². The molecule has 4 aromatic rings. The van der Waals surface area contributed by atoms with Gasteiger partial charge < -0.3 is 39.8 Å². The molecule has 4 heterocycles. The van der Waals surface area contributed by atoms with Crippen LogP contribution >= 0.6 is 0 Å². The van der Waals surface area contributed by atoms with Gasteiger partial charge in [-0.05, 0) is 41.7 Å². The van der Waals surface area contributed by atoms with E-state index in [1.54, 1.807) is 34.2 Å². The number of nitrogens with zero attached hydrogens (tertiary/aromatic N) is 5. The molecule has 18 heteroatoms. The molecule has 2 saturated heterocycles. The van der Waals surface area contributed by atoms with Gasteiger partial charge in [-0.25, -0.2) is 19.2 Å². The number of methoxy groups -OCH3 is 1. The largest absolute Gasteiger partial charge is 0.573 e. The minimum absolute atomic E-state index is 0.0435. The lowest BCUT2D eigenvalue weighted by molar-refractivity contribution is -0.274. The molecule has 2 unspecified atom stereocenters. The van der Waals surface area contributed by atoms with Crippen molar-refractivity contribution in [1.29, 1.82) is 0 Å². The number of aromatic amines is 1. The number of amides is 4. The first-order valence-electron chi connectivity index (χ1n) is 21.0. The zero-order valence-corrected chi connectivity index (χ0v) is 37.3. The highest BCUT2D eigenvalue weighted by atomic mass is 19.4. The van der Waals surface area contributed by atoms with Gasteiger partial charge in [-0.15, -0.1) is 13.2 Å². The Morgan fingerprint density at radius 3 is 2.11 bits per heavy atom. The second-order valence-corrected chi connectivity index (χ2v) is 16.0. The quantitative estimate of drug-likeness (QED) is 0.140. The van der Waals surface area contributed by atoms with Crippen LogP contribution in [0.25, 0.3) is 22.4 Å². The number of carbonyl (C=O) groups is 4. The van der Waals surface area contributed by atoms with Crippen LogP contribution < -0.4 is 20.3 Å². The van der Waals surface area contributed by atoms with Crippen LogP contribution in [0.15, 0.2) is 60.9 Å². The van der Waals surface area contributed by atoms with Crippen LogP contribution in [0.2, 0.25) is 0 Å². The smallest absolute Gasteiger partial charge is 0.453 e. The number of alkyl carbamates (subject to hydrolysis) is 1. The number of anilines is 2. The van der Waals surface area contributed by atoms with Crippen molar-refractivity contribution in [2.75, 3.05) is 56.6 Å². The molecule has 2 fully saturated rings. The Morgan fingerprint density at radius 2 is 1.54 bits per heavy atom. The van der Waals surface area contributed by atoms with Gasteiger partial charge in [0, 0.05) is 56.0 Å². The predicted molar refractivity (Wildman–Crippen MR) is 232 cm³/mol. The molecule has 0 aliphatic carbocycles. The average Bonchev–Trinajstić information content (AvgIpc) is 3.91. The maximum Gasteiger partial charge on any atom is 0.573 e. The normalized spacial score (nSPS) is 16.2. The van der Waals surface area contributed by atoms with Crippen molar-refractivity contribution in [2.45, 2.75) is 80.6 Å². The van der Waals surface area contributed by atoms with E-state index in [0.717, 1.165) is 12.1 Å². The van der Waals surface area contributed by atoms with Gasteiger partial charge in [-0.1, -0.05) is 86.1 Å². The van der Waals surface area contributed by atoms with Crippen molar-refractivity contribution in [3.63, 3.8) is 0 Å². The van der Waals surface area contributed by atoms with Crippen LogP contribution in [0.4, 0.5) is 33.9 Å². The molecule has 63 heavy (non-hydrogen) atoms. The standard InChI is InChI=1S/C40H44F4N8O6.C3H8.C2H6/c1-23-16-31(52(22-23)34(53)21-47-38(56)57-5)35-46-20-30(48-35)25-8-6-24(7-9-25)27-17-28(41)29(18-32(27)58-40(42,43)44)49-36(54)26-10-11-33(45-19-26)50-12-14-51(15-13-50)37(55)39(2,3)4;1-3-2;1-2/h6-11,17-20,23,31H,12-16,21-22H2,1-5H3,(H,46,48)(H,47,56)(H,49,54);3H2,1-2H3;1-2H3. The monoisotopic (exact) mass is 882 g/mol. The minimum atomic E-state index is -5.13. The molecule has 2 atom stereocenters. The minimum Gasteiger partial charge on any atom is -0.453 e. The highest BCUT2D eigenvalue weighted by Crippen LogP contribution is 2.39. The second-order valence-electron chi connectivity index (χ2n) is 16.0. The number of rotatable bonds is 9. The summed E-state index contributed by atoms with van der Waals surface area (Å²) in [5.41, 5.74) is 0.173. The van der Waals surface area contributed by atoms with E-state index in [2.05, 4.69) is 48.9 Å². The summed E-state index contributed by atoms with van der Waals surface area (Å²) in [6, 6.07) is 10.5. The molecule has 4 amide bonds. The molecule has 0 saturated carbocycles. The van der Waals surface area contributed by atoms with E-state index in [1.807, 2.05) is 46.4 Å². The SMILES string of the molecule is CC.CCC.COC(=O)NCC(=O)N1CC(C)CC1c1ncc(-c2ccc(-c3cc(F)c(NC(=O)c4ccc(N5CCN(C(=O)C(C)(C)C)CC5)nc4)cc3OC(F)(F)F)cc2)[nH]1. The molecule has 342 valence electrons. The van der Waals surface area contributed by atoms with Gasteiger partial charge in [-0.3, -0.25) is 14.4 Å². The number of H-pyrrole nitrogens is 1. The number of likely N-dealkylation sites (tertiary alicyclic amines) is 1. The van der Waals surface area contributed by atoms with Crippen molar-refractivity contribution in [1.82, 2.24) is 30.1 Å². The Hall–Kier alpha value is -6.20. The summed E-state index contributed by atoms with van der Waals surface area (Å²) in [6.07, 6.45) is -1.12. The number of hydrogen-bond donors (Lipinski definition) is 3. The van der Waals surface area contributed by atoms with Gasteiger partial charge in [-0.2, -0.15) is 0 Å². The third-order valence-electron chi connectivity index (χ3n) is 9.90. The van der Waals surface area contributed by atoms with Gasteiger partial charge in [0.15, 0.2) is 0 Å². The Labute approximate surface area is 365 Å². The number of halogens is 4. The number of imidazole rings is 1. The Bertz CT molecular complexity index is 2170. The van der Waals surface area contributed by atoms with Gasteiger partial charge >= 0.3 is 12.5 Å². The molecule has 2 aromatic carbocycles. The first-order valence-corrected chi connectivity index (χ1v) is 21.0. The summed E-state index contributed by atoms with van der Waals surface area (Å²) in [5.74, 6) is -1.52. The van der Waals surface area contributed by atoms with Gasteiger partial charge in [0.25, 0.3) is 5.91 Å². The molecule has 2 aromatic heterocycles. The number of benzene rings is 2. The number of aromatic nitrogens is 3. The van der Waals surface area contributed by atoms with Crippen LogP contribution in [-0.4, -0.2) is 101 Å². The summed E-state index contributed by atoms with van der Waals surface area (Å²) < 4.78 is 65.2. The third-order valence-corrected chi connectivity index (χ3v) is 9.90. The van der Waals surface area contributed by atoms with Gasteiger partial charge in [0.2, 0.25) is 11.8 Å². The van der Waals surface area contributed by atoms with Crippen molar-refractivity contribution >= 4 is 35.3 Å².